The molecule has 0 bridgehead atoms. The molecule has 2 aromatic rings. The van der Waals surface area contributed by atoms with Gasteiger partial charge in [-0.05, 0) is 45.7 Å². The summed E-state index contributed by atoms with van der Waals surface area (Å²) < 4.78 is 0. The molecule has 0 amide bonds. The minimum atomic E-state index is 0.288. The van der Waals surface area contributed by atoms with Gasteiger partial charge in [0.15, 0.2) is 0 Å². The number of aromatic nitrogens is 3. The summed E-state index contributed by atoms with van der Waals surface area (Å²) in [5.41, 5.74) is 2.15. The van der Waals surface area contributed by atoms with Crippen molar-refractivity contribution in [2.75, 3.05) is 18.0 Å². The summed E-state index contributed by atoms with van der Waals surface area (Å²) in [4.78, 5) is 15.7. The Morgan fingerprint density at radius 2 is 1.96 bits per heavy atom. The van der Waals surface area contributed by atoms with Crippen LogP contribution in [0.1, 0.15) is 43.0 Å². The van der Waals surface area contributed by atoms with E-state index in [9.17, 15) is 0 Å². The van der Waals surface area contributed by atoms with Crippen molar-refractivity contribution in [3.8, 4) is 0 Å². The fourth-order valence-corrected chi connectivity index (χ4v) is 3.21. The van der Waals surface area contributed by atoms with Gasteiger partial charge in [0.05, 0.1) is 5.69 Å². The average molecular weight is 311 g/mol. The van der Waals surface area contributed by atoms with Gasteiger partial charge in [0.1, 0.15) is 11.6 Å². The van der Waals surface area contributed by atoms with Gasteiger partial charge in [0.25, 0.3) is 0 Å². The number of piperidine rings is 1. The predicted octanol–water partition coefficient (Wildman–Crippen LogP) is 2.81. The van der Waals surface area contributed by atoms with E-state index in [-0.39, 0.29) is 6.04 Å². The van der Waals surface area contributed by atoms with Gasteiger partial charge in [-0.1, -0.05) is 6.07 Å². The molecule has 1 fully saturated rings. The Morgan fingerprint density at radius 3 is 2.61 bits per heavy atom. The molecule has 122 valence electrons. The second kappa shape index (κ2) is 7.04. The number of rotatable bonds is 4. The predicted molar refractivity (Wildman–Crippen MR) is 92.5 cm³/mol. The SMILES string of the molecule is Cc1cc(N2CCC(N[C@H](C)c3ccccn3)CC2)nc(C)n1. The Labute approximate surface area is 138 Å². The van der Waals surface area contributed by atoms with Gasteiger partial charge in [0.2, 0.25) is 0 Å². The van der Waals surface area contributed by atoms with E-state index in [1.165, 1.54) is 0 Å². The minimum Gasteiger partial charge on any atom is -0.356 e. The van der Waals surface area contributed by atoms with E-state index in [0.29, 0.717) is 6.04 Å². The third-order valence-corrected chi connectivity index (χ3v) is 4.39. The molecule has 0 aromatic carbocycles. The standard InChI is InChI=1S/C18H25N5/c1-13-12-18(22-15(3)20-13)23-10-7-16(8-11-23)21-14(2)17-6-4-5-9-19-17/h4-6,9,12,14,16,21H,7-8,10-11H2,1-3H3/t14-/m1/s1. The fraction of sp³-hybridized carbons (Fsp3) is 0.500. The topological polar surface area (TPSA) is 53.9 Å². The minimum absolute atomic E-state index is 0.288. The van der Waals surface area contributed by atoms with Crippen LogP contribution in [0.3, 0.4) is 0 Å². The Kier molecular flexibility index (Phi) is 4.86. The molecular formula is C18H25N5. The van der Waals surface area contributed by atoms with Crippen molar-refractivity contribution in [3.63, 3.8) is 0 Å². The maximum Gasteiger partial charge on any atom is 0.132 e. The van der Waals surface area contributed by atoms with Crippen molar-refractivity contribution in [3.05, 3.63) is 47.7 Å². The van der Waals surface area contributed by atoms with Gasteiger partial charge >= 0.3 is 0 Å². The highest BCUT2D eigenvalue weighted by atomic mass is 15.2. The van der Waals surface area contributed by atoms with E-state index in [1.807, 2.05) is 32.2 Å². The van der Waals surface area contributed by atoms with Crippen LogP contribution in [0.5, 0.6) is 0 Å². The molecule has 1 N–H and O–H groups in total. The Bertz CT molecular complexity index is 615. The average Bonchev–Trinajstić information content (AvgIpc) is 2.55. The molecule has 5 nitrogen and oxygen atoms in total. The molecule has 3 heterocycles. The second-order valence-electron chi connectivity index (χ2n) is 6.32. The van der Waals surface area contributed by atoms with Crippen molar-refractivity contribution in [2.45, 2.75) is 45.7 Å². The fourth-order valence-electron chi connectivity index (χ4n) is 3.21. The van der Waals surface area contributed by atoms with E-state index in [0.717, 1.165) is 49.0 Å². The lowest BCUT2D eigenvalue weighted by molar-refractivity contribution is 0.376. The maximum atomic E-state index is 4.58. The lowest BCUT2D eigenvalue weighted by Gasteiger charge is -2.34. The zero-order valence-electron chi connectivity index (χ0n) is 14.2. The first-order chi connectivity index (χ1) is 11.1. The summed E-state index contributed by atoms with van der Waals surface area (Å²) in [6, 6.07) is 8.99. The molecule has 0 radical (unpaired) electrons. The first kappa shape index (κ1) is 15.9. The highest BCUT2D eigenvalue weighted by Crippen LogP contribution is 2.20. The largest absolute Gasteiger partial charge is 0.356 e. The van der Waals surface area contributed by atoms with Gasteiger partial charge in [0, 0.05) is 43.1 Å². The Balaban J connectivity index is 1.56. The van der Waals surface area contributed by atoms with Crippen LogP contribution in [0, 0.1) is 13.8 Å². The highest BCUT2D eigenvalue weighted by Gasteiger charge is 2.22. The van der Waals surface area contributed by atoms with E-state index >= 15 is 0 Å². The third kappa shape index (κ3) is 4.05. The van der Waals surface area contributed by atoms with Gasteiger partial charge in [-0.25, -0.2) is 9.97 Å². The van der Waals surface area contributed by atoms with E-state index < -0.39 is 0 Å². The van der Waals surface area contributed by atoms with Crippen LogP contribution in [0.25, 0.3) is 0 Å². The number of hydrogen-bond donors (Lipinski definition) is 1. The molecule has 0 saturated carbocycles. The quantitative estimate of drug-likeness (QED) is 0.941. The number of hydrogen-bond acceptors (Lipinski definition) is 5. The monoisotopic (exact) mass is 311 g/mol. The highest BCUT2D eigenvalue weighted by molar-refractivity contribution is 5.40. The number of pyridine rings is 1. The van der Waals surface area contributed by atoms with Crippen molar-refractivity contribution >= 4 is 5.82 Å². The zero-order chi connectivity index (χ0) is 16.2. The lowest BCUT2D eigenvalue weighted by Crippen LogP contribution is -2.43. The van der Waals surface area contributed by atoms with Gasteiger partial charge in [-0.15, -0.1) is 0 Å². The van der Waals surface area contributed by atoms with Crippen molar-refractivity contribution in [1.82, 2.24) is 20.3 Å². The van der Waals surface area contributed by atoms with Gasteiger partial charge < -0.3 is 10.2 Å². The van der Waals surface area contributed by atoms with Crippen molar-refractivity contribution in [2.24, 2.45) is 0 Å². The molecule has 0 unspecified atom stereocenters. The van der Waals surface area contributed by atoms with E-state index in [1.54, 1.807) is 0 Å². The maximum absolute atomic E-state index is 4.58. The first-order valence-corrected chi connectivity index (χ1v) is 8.36. The van der Waals surface area contributed by atoms with Crippen LogP contribution < -0.4 is 10.2 Å². The summed E-state index contributed by atoms with van der Waals surface area (Å²) in [6.45, 7) is 8.23. The van der Waals surface area contributed by atoms with E-state index in [4.69, 9.17) is 0 Å². The second-order valence-corrected chi connectivity index (χ2v) is 6.32. The number of nitrogens with one attached hydrogen (secondary N) is 1. The molecule has 1 aliphatic heterocycles. The number of anilines is 1. The van der Waals surface area contributed by atoms with E-state index in [2.05, 4.69) is 44.2 Å². The van der Waals surface area contributed by atoms with Crippen LogP contribution in [-0.2, 0) is 0 Å². The van der Waals surface area contributed by atoms with Crippen molar-refractivity contribution < 1.29 is 0 Å². The smallest absolute Gasteiger partial charge is 0.132 e. The number of nitrogens with zero attached hydrogens (tertiary/aromatic N) is 4. The summed E-state index contributed by atoms with van der Waals surface area (Å²) in [6.07, 6.45) is 4.11. The van der Waals surface area contributed by atoms with Crippen molar-refractivity contribution in [1.29, 1.82) is 0 Å². The van der Waals surface area contributed by atoms with Crippen LogP contribution in [0.15, 0.2) is 30.5 Å². The molecular weight excluding hydrogens is 286 g/mol. The molecule has 5 heteroatoms. The molecule has 2 aromatic heterocycles. The zero-order valence-corrected chi connectivity index (χ0v) is 14.2. The summed E-state index contributed by atoms with van der Waals surface area (Å²) in [5, 5.41) is 3.71. The molecule has 1 aliphatic rings. The van der Waals surface area contributed by atoms with Crippen LogP contribution in [-0.4, -0.2) is 34.1 Å². The normalized spacial score (nSPS) is 17.3. The van der Waals surface area contributed by atoms with Gasteiger partial charge in [-0.3, -0.25) is 4.98 Å². The first-order valence-electron chi connectivity index (χ1n) is 8.36. The molecule has 0 spiro atoms. The summed E-state index contributed by atoms with van der Waals surface area (Å²) in [5.74, 6) is 1.91. The lowest BCUT2D eigenvalue weighted by atomic mass is 10.0. The third-order valence-electron chi connectivity index (χ3n) is 4.39. The Hall–Kier alpha value is -2.01. The van der Waals surface area contributed by atoms with Gasteiger partial charge in [-0.2, -0.15) is 0 Å². The molecule has 0 aliphatic carbocycles. The molecule has 1 saturated heterocycles. The molecule has 3 rings (SSSR count). The van der Waals surface area contributed by atoms with Crippen LogP contribution in [0.2, 0.25) is 0 Å². The molecule has 1 atom stereocenters. The summed E-state index contributed by atoms with van der Waals surface area (Å²) >= 11 is 0. The molecule has 23 heavy (non-hydrogen) atoms. The van der Waals surface area contributed by atoms with Crippen LogP contribution >= 0.6 is 0 Å². The summed E-state index contributed by atoms with van der Waals surface area (Å²) in [7, 11) is 0. The van der Waals surface area contributed by atoms with Crippen LogP contribution in [0.4, 0.5) is 5.82 Å². The number of aryl methyl sites for hydroxylation is 2. The Morgan fingerprint density at radius 1 is 1.17 bits per heavy atom.